The van der Waals surface area contributed by atoms with Crippen LogP contribution in [-0.4, -0.2) is 52.0 Å². The standard InChI is InChI=1S/C31H34N6O4Si/c1-21-27(17-32-30(34-21)35-18-22-15-26(22)29(35)38)28(36-19-23(16-33-36)37(39)40)20-41-42(31(2,3)4,24-11-7-5-8-12-24)25-13-9-6-10-14-25/h5-14,16-17,19,22,26,28H,15,18,20H2,1-4H3. The molecule has 0 bridgehead atoms. The van der Waals surface area contributed by atoms with Crippen LogP contribution < -0.4 is 15.3 Å². The number of carbonyl (C=O) groups is 1. The van der Waals surface area contributed by atoms with E-state index >= 15 is 0 Å². The van der Waals surface area contributed by atoms with Gasteiger partial charge in [-0.2, -0.15) is 5.10 Å². The van der Waals surface area contributed by atoms with Crippen LogP contribution in [0.15, 0.2) is 79.3 Å². The largest absolute Gasteiger partial charge is 0.405 e. The number of rotatable bonds is 9. The number of piperidine rings is 1. The number of carbonyl (C=O) groups excluding carboxylic acids is 1. The minimum Gasteiger partial charge on any atom is -0.405 e. The lowest BCUT2D eigenvalue weighted by Gasteiger charge is -2.43. The molecule has 42 heavy (non-hydrogen) atoms. The van der Waals surface area contributed by atoms with Crippen LogP contribution in [0.3, 0.4) is 0 Å². The van der Waals surface area contributed by atoms with Crippen molar-refractivity contribution in [3.05, 3.63) is 101 Å². The van der Waals surface area contributed by atoms with Gasteiger partial charge in [-0.05, 0) is 34.7 Å². The molecule has 216 valence electrons. The molecule has 1 aliphatic carbocycles. The summed E-state index contributed by atoms with van der Waals surface area (Å²) in [6, 6.07) is 20.1. The molecule has 6 rings (SSSR count). The maximum Gasteiger partial charge on any atom is 0.307 e. The first-order valence-electron chi connectivity index (χ1n) is 14.2. The van der Waals surface area contributed by atoms with Crippen LogP contribution in [0.1, 0.15) is 44.5 Å². The van der Waals surface area contributed by atoms with E-state index in [1.807, 2.05) is 43.3 Å². The number of aryl methyl sites for hydroxylation is 1. The fraction of sp³-hybridized carbons (Fsp3) is 0.355. The summed E-state index contributed by atoms with van der Waals surface area (Å²) < 4.78 is 8.78. The topological polar surface area (TPSA) is 116 Å². The van der Waals surface area contributed by atoms with E-state index in [9.17, 15) is 14.9 Å². The molecule has 3 heterocycles. The Morgan fingerprint density at radius 3 is 2.21 bits per heavy atom. The number of amides is 1. The lowest BCUT2D eigenvalue weighted by molar-refractivity contribution is -0.385. The Hall–Kier alpha value is -4.22. The second-order valence-corrected chi connectivity index (χ2v) is 16.5. The molecule has 1 amide bonds. The fourth-order valence-electron chi connectivity index (χ4n) is 6.24. The van der Waals surface area contributed by atoms with Crippen molar-refractivity contribution in [2.45, 2.75) is 45.2 Å². The average Bonchev–Trinajstić information content (AvgIpc) is 3.43. The molecule has 1 saturated carbocycles. The lowest BCUT2D eigenvalue weighted by Crippen LogP contribution is -2.67. The number of fused-ring (bicyclic) bond motifs is 1. The van der Waals surface area contributed by atoms with E-state index in [2.05, 4.69) is 55.1 Å². The van der Waals surface area contributed by atoms with Gasteiger partial charge in [-0.15, -0.1) is 0 Å². The highest BCUT2D eigenvalue weighted by molar-refractivity contribution is 6.99. The van der Waals surface area contributed by atoms with Gasteiger partial charge in [0.2, 0.25) is 11.9 Å². The normalized spacial score (nSPS) is 19.0. The Bertz CT molecular complexity index is 1580. The van der Waals surface area contributed by atoms with Gasteiger partial charge in [0.05, 0.1) is 11.5 Å². The Labute approximate surface area is 245 Å². The van der Waals surface area contributed by atoms with E-state index in [1.165, 1.54) is 12.4 Å². The number of nitro groups is 1. The molecule has 3 unspecified atom stereocenters. The zero-order valence-electron chi connectivity index (χ0n) is 24.2. The predicted molar refractivity (Wildman–Crippen MR) is 161 cm³/mol. The van der Waals surface area contributed by atoms with Crippen molar-refractivity contribution < 1.29 is 14.1 Å². The second kappa shape index (κ2) is 10.6. The number of benzene rings is 2. The molecule has 10 nitrogen and oxygen atoms in total. The maximum absolute atomic E-state index is 12.7. The van der Waals surface area contributed by atoms with E-state index in [1.54, 1.807) is 15.8 Å². The highest BCUT2D eigenvalue weighted by atomic mass is 28.4. The van der Waals surface area contributed by atoms with Crippen molar-refractivity contribution in [3.8, 4) is 0 Å². The number of nitrogens with zero attached hydrogens (tertiary/aromatic N) is 6. The molecule has 1 saturated heterocycles. The van der Waals surface area contributed by atoms with Gasteiger partial charge >= 0.3 is 5.69 Å². The average molecular weight is 583 g/mol. The van der Waals surface area contributed by atoms with E-state index < -0.39 is 19.3 Å². The quantitative estimate of drug-likeness (QED) is 0.166. The molecule has 1 aliphatic heterocycles. The van der Waals surface area contributed by atoms with Crippen LogP contribution >= 0.6 is 0 Å². The molecule has 0 N–H and O–H groups in total. The zero-order chi connectivity index (χ0) is 29.6. The van der Waals surface area contributed by atoms with Crippen LogP contribution in [0.25, 0.3) is 0 Å². The Balaban J connectivity index is 1.42. The van der Waals surface area contributed by atoms with Crippen molar-refractivity contribution in [3.63, 3.8) is 0 Å². The van der Waals surface area contributed by atoms with Crippen molar-refractivity contribution in [2.24, 2.45) is 11.8 Å². The monoisotopic (exact) mass is 582 g/mol. The van der Waals surface area contributed by atoms with Gasteiger partial charge in [0.25, 0.3) is 8.32 Å². The molecule has 4 aromatic rings. The molecule has 0 radical (unpaired) electrons. The van der Waals surface area contributed by atoms with Gasteiger partial charge in [-0.1, -0.05) is 81.4 Å². The van der Waals surface area contributed by atoms with Crippen LogP contribution in [0.5, 0.6) is 0 Å². The minimum atomic E-state index is -2.92. The summed E-state index contributed by atoms with van der Waals surface area (Å²) in [4.78, 5) is 34.8. The van der Waals surface area contributed by atoms with Crippen molar-refractivity contribution >= 4 is 36.2 Å². The molecule has 3 atom stereocenters. The summed E-state index contributed by atoms with van der Waals surface area (Å²) >= 11 is 0. The highest BCUT2D eigenvalue weighted by Gasteiger charge is 2.53. The van der Waals surface area contributed by atoms with Gasteiger partial charge < -0.3 is 4.43 Å². The van der Waals surface area contributed by atoms with Crippen LogP contribution in [-0.2, 0) is 9.22 Å². The first-order chi connectivity index (χ1) is 20.1. The molecular weight excluding hydrogens is 548 g/mol. The summed E-state index contributed by atoms with van der Waals surface area (Å²) in [6.45, 7) is 9.31. The molecule has 2 aromatic carbocycles. The van der Waals surface area contributed by atoms with E-state index in [4.69, 9.17) is 9.41 Å². The molecule has 11 heteroatoms. The molecule has 2 fully saturated rings. The molecule has 0 spiro atoms. The molecule has 2 aromatic heterocycles. The van der Waals surface area contributed by atoms with E-state index in [0.717, 1.165) is 22.4 Å². The smallest absolute Gasteiger partial charge is 0.307 e. The summed E-state index contributed by atoms with van der Waals surface area (Å²) in [7, 11) is -2.92. The maximum atomic E-state index is 12.7. The number of hydrogen-bond acceptors (Lipinski definition) is 7. The zero-order valence-corrected chi connectivity index (χ0v) is 25.2. The third-order valence-electron chi connectivity index (χ3n) is 8.52. The highest BCUT2D eigenvalue weighted by Crippen LogP contribution is 2.47. The van der Waals surface area contributed by atoms with Gasteiger partial charge in [0.1, 0.15) is 18.4 Å². The van der Waals surface area contributed by atoms with Gasteiger partial charge in [-0.3, -0.25) is 24.5 Å². The van der Waals surface area contributed by atoms with Crippen molar-refractivity contribution in [1.29, 1.82) is 0 Å². The van der Waals surface area contributed by atoms with Crippen molar-refractivity contribution in [2.75, 3.05) is 18.1 Å². The van der Waals surface area contributed by atoms with Crippen LogP contribution in [0.2, 0.25) is 5.04 Å². The van der Waals surface area contributed by atoms with Gasteiger partial charge in [0.15, 0.2) is 0 Å². The Morgan fingerprint density at radius 2 is 1.71 bits per heavy atom. The number of anilines is 1. The Kier molecular flexibility index (Phi) is 7.02. The van der Waals surface area contributed by atoms with Gasteiger partial charge in [-0.25, -0.2) is 9.97 Å². The summed E-state index contributed by atoms with van der Waals surface area (Å²) in [5.74, 6) is 0.983. The Morgan fingerprint density at radius 1 is 1.07 bits per heavy atom. The minimum absolute atomic E-state index is 0.0846. The summed E-state index contributed by atoms with van der Waals surface area (Å²) in [5.41, 5.74) is 1.29. The van der Waals surface area contributed by atoms with Crippen LogP contribution in [0, 0.1) is 28.9 Å². The number of hydrogen-bond donors (Lipinski definition) is 0. The third-order valence-corrected chi connectivity index (χ3v) is 13.5. The lowest BCUT2D eigenvalue weighted by atomic mass is 10.1. The van der Waals surface area contributed by atoms with E-state index in [-0.39, 0.29) is 29.2 Å². The van der Waals surface area contributed by atoms with Gasteiger partial charge in [0, 0.05) is 29.9 Å². The first kappa shape index (κ1) is 27.9. The fourth-order valence-corrected chi connectivity index (χ4v) is 10.8. The summed E-state index contributed by atoms with van der Waals surface area (Å²) in [6.07, 6.45) is 5.33. The molecule has 2 aliphatic rings. The summed E-state index contributed by atoms with van der Waals surface area (Å²) in [5, 5.41) is 18.0. The first-order valence-corrected chi connectivity index (χ1v) is 16.1. The van der Waals surface area contributed by atoms with E-state index in [0.29, 0.717) is 24.1 Å². The predicted octanol–water partition coefficient (Wildman–Crippen LogP) is 4.04. The van der Waals surface area contributed by atoms with Crippen molar-refractivity contribution in [1.82, 2.24) is 19.7 Å². The third kappa shape index (κ3) is 4.82. The van der Waals surface area contributed by atoms with Crippen LogP contribution in [0.4, 0.5) is 11.6 Å². The SMILES string of the molecule is Cc1nc(N2CC3CC3C2=O)ncc1C(CO[Si](c1ccccc1)(c1ccccc1)C(C)(C)C)n1cc([N+](=O)[O-])cn1. The molecular formula is C31H34N6O4Si. The number of aromatic nitrogens is 4. The second-order valence-electron chi connectivity index (χ2n) is 12.2.